The number of hydrogen-bond acceptors (Lipinski definition) is 13. The number of carbonyl (C=O) groups excluding carboxylic acids is 2. The topological polar surface area (TPSA) is 224 Å². The second kappa shape index (κ2) is 12.3. The van der Waals surface area contributed by atoms with Gasteiger partial charge in [0.05, 0.1) is 5.56 Å². The number of benzene rings is 4. The molecule has 0 spiro atoms. The van der Waals surface area contributed by atoms with Crippen LogP contribution in [0.25, 0.3) is 0 Å². The van der Waals surface area contributed by atoms with E-state index in [0.29, 0.717) is 11.3 Å². The van der Waals surface area contributed by atoms with Crippen LogP contribution in [0.5, 0.6) is 57.5 Å². The first-order valence-corrected chi connectivity index (χ1v) is 12.5. The SMILES string of the molecule is CC(=O)Oc1ccc(O)cc1.O=C(OC1Cc2c(O)cc(O)cc2OC1c1ccc(O)c(O)c1)c1cc(O)c(O)c(O)c1. The van der Waals surface area contributed by atoms with Gasteiger partial charge in [-0.1, -0.05) is 6.07 Å². The molecule has 4 aromatic rings. The molecule has 1 heterocycles. The van der Waals surface area contributed by atoms with E-state index >= 15 is 0 Å². The highest BCUT2D eigenvalue weighted by molar-refractivity contribution is 5.91. The molecule has 2 unspecified atom stereocenters. The molecule has 0 saturated heterocycles. The fraction of sp³-hybridized carbons (Fsp3) is 0.133. The monoisotopic (exact) mass is 594 g/mol. The molecule has 2 atom stereocenters. The Labute approximate surface area is 243 Å². The minimum atomic E-state index is -1.06. The second-order valence-corrected chi connectivity index (χ2v) is 9.33. The van der Waals surface area contributed by atoms with Crippen LogP contribution in [-0.2, 0) is 16.0 Å². The Hall–Kier alpha value is -5.98. The van der Waals surface area contributed by atoms with Gasteiger partial charge in [0.15, 0.2) is 34.9 Å². The van der Waals surface area contributed by atoms with E-state index in [2.05, 4.69) is 0 Å². The summed E-state index contributed by atoms with van der Waals surface area (Å²) in [6.07, 6.45) is -2.12. The van der Waals surface area contributed by atoms with E-state index in [-0.39, 0.29) is 52.3 Å². The molecule has 5 rings (SSSR count). The fourth-order valence-corrected chi connectivity index (χ4v) is 4.16. The number of fused-ring (bicyclic) bond motifs is 1. The molecule has 4 aromatic carbocycles. The maximum absolute atomic E-state index is 12.7. The van der Waals surface area contributed by atoms with Gasteiger partial charge in [0.1, 0.15) is 34.9 Å². The van der Waals surface area contributed by atoms with E-state index in [1.807, 2.05) is 0 Å². The Balaban J connectivity index is 0.000000324. The minimum Gasteiger partial charge on any atom is -0.508 e. The molecule has 0 aromatic heterocycles. The van der Waals surface area contributed by atoms with Crippen molar-refractivity contribution in [2.75, 3.05) is 0 Å². The first-order valence-electron chi connectivity index (χ1n) is 12.5. The highest BCUT2D eigenvalue weighted by atomic mass is 16.6. The van der Waals surface area contributed by atoms with Gasteiger partial charge in [0.25, 0.3) is 0 Å². The van der Waals surface area contributed by atoms with E-state index in [9.17, 15) is 45.3 Å². The van der Waals surface area contributed by atoms with Crippen LogP contribution in [0.2, 0.25) is 0 Å². The molecule has 0 radical (unpaired) electrons. The molecule has 0 fully saturated rings. The van der Waals surface area contributed by atoms with Crippen molar-refractivity contribution < 1.29 is 64.7 Å². The third kappa shape index (κ3) is 7.03. The molecule has 0 bridgehead atoms. The van der Waals surface area contributed by atoms with Crippen LogP contribution >= 0.6 is 0 Å². The summed E-state index contributed by atoms with van der Waals surface area (Å²) in [6, 6.07) is 14.0. The molecule has 1 aliphatic rings. The van der Waals surface area contributed by atoms with Crippen molar-refractivity contribution in [2.45, 2.75) is 25.6 Å². The normalized spacial score (nSPS) is 15.2. The van der Waals surface area contributed by atoms with Gasteiger partial charge in [-0.3, -0.25) is 4.79 Å². The van der Waals surface area contributed by atoms with Crippen LogP contribution in [-0.4, -0.2) is 58.9 Å². The number of phenols is 8. The quantitative estimate of drug-likeness (QED) is 0.0956. The number of phenolic OH excluding ortho intramolecular Hbond substituents is 8. The summed E-state index contributed by atoms with van der Waals surface area (Å²) in [5.41, 5.74) is 0.324. The summed E-state index contributed by atoms with van der Waals surface area (Å²) in [5, 5.41) is 77.1. The lowest BCUT2D eigenvalue weighted by molar-refractivity contribution is -0.131. The fourth-order valence-electron chi connectivity index (χ4n) is 4.16. The number of hydrogen-bond donors (Lipinski definition) is 8. The van der Waals surface area contributed by atoms with Gasteiger partial charge in [-0.05, 0) is 48.5 Å². The summed E-state index contributed by atoms with van der Waals surface area (Å²) in [4.78, 5) is 23.1. The summed E-state index contributed by atoms with van der Waals surface area (Å²) in [6.45, 7) is 1.33. The number of esters is 2. The molecular formula is C30H26O13. The van der Waals surface area contributed by atoms with Crippen molar-refractivity contribution in [1.29, 1.82) is 0 Å². The molecular weight excluding hydrogens is 568 g/mol. The van der Waals surface area contributed by atoms with Crippen molar-refractivity contribution in [3.63, 3.8) is 0 Å². The highest BCUT2D eigenvalue weighted by Gasteiger charge is 2.37. The molecule has 224 valence electrons. The van der Waals surface area contributed by atoms with Crippen LogP contribution in [0.4, 0.5) is 0 Å². The van der Waals surface area contributed by atoms with Gasteiger partial charge < -0.3 is 55.1 Å². The Kier molecular flexibility index (Phi) is 8.55. The zero-order valence-corrected chi connectivity index (χ0v) is 22.3. The second-order valence-electron chi connectivity index (χ2n) is 9.33. The minimum absolute atomic E-state index is 0.0461. The molecule has 13 nitrogen and oxygen atoms in total. The predicted octanol–water partition coefficient (Wildman–Crippen LogP) is 3.85. The van der Waals surface area contributed by atoms with Crippen LogP contribution < -0.4 is 9.47 Å². The number of rotatable bonds is 4. The van der Waals surface area contributed by atoms with Crippen molar-refractivity contribution >= 4 is 11.9 Å². The van der Waals surface area contributed by atoms with Gasteiger partial charge in [-0.15, -0.1) is 0 Å². The van der Waals surface area contributed by atoms with Crippen LogP contribution in [0.15, 0.2) is 66.7 Å². The van der Waals surface area contributed by atoms with Gasteiger partial charge in [0, 0.05) is 36.6 Å². The smallest absolute Gasteiger partial charge is 0.338 e. The molecule has 1 aliphatic heterocycles. The van der Waals surface area contributed by atoms with E-state index in [1.54, 1.807) is 0 Å². The van der Waals surface area contributed by atoms with Gasteiger partial charge in [-0.2, -0.15) is 0 Å². The van der Waals surface area contributed by atoms with Crippen molar-refractivity contribution in [2.24, 2.45) is 0 Å². The maximum atomic E-state index is 12.7. The molecule has 13 heteroatoms. The predicted molar refractivity (Wildman–Crippen MR) is 147 cm³/mol. The lowest BCUT2D eigenvalue weighted by Crippen LogP contribution is -2.34. The highest BCUT2D eigenvalue weighted by Crippen LogP contribution is 2.44. The first kappa shape index (κ1) is 30.0. The third-order valence-corrected chi connectivity index (χ3v) is 6.16. The Morgan fingerprint density at radius 3 is 1.98 bits per heavy atom. The van der Waals surface area contributed by atoms with E-state index in [1.165, 1.54) is 55.5 Å². The Morgan fingerprint density at radius 1 is 0.721 bits per heavy atom. The summed E-state index contributed by atoms with van der Waals surface area (Å²) >= 11 is 0. The molecule has 8 N–H and O–H groups in total. The van der Waals surface area contributed by atoms with Crippen LogP contribution in [0.3, 0.4) is 0 Å². The zero-order valence-electron chi connectivity index (χ0n) is 22.3. The number of aromatic hydroxyl groups is 8. The van der Waals surface area contributed by atoms with Crippen molar-refractivity contribution in [1.82, 2.24) is 0 Å². The number of ether oxygens (including phenoxy) is 3. The maximum Gasteiger partial charge on any atom is 0.338 e. The summed E-state index contributed by atoms with van der Waals surface area (Å²) < 4.78 is 16.1. The lowest BCUT2D eigenvalue weighted by Gasteiger charge is -2.34. The molecule has 0 saturated carbocycles. The lowest BCUT2D eigenvalue weighted by atomic mass is 9.93. The van der Waals surface area contributed by atoms with E-state index in [0.717, 1.165) is 18.2 Å². The number of carbonyl (C=O) groups is 2. The standard InChI is InChI=1S/C22H18O10.C8H8O3/c23-11-6-14(25)12-8-19(32-22(30)10-4-16(27)20(29)17(28)5-10)21(31-18(12)7-11)9-1-2-13(24)15(26)3-9;1-6(9)11-8-4-2-7(10)3-5-8/h1-7,19,21,23-29H,8H2;2-5,10H,1H3. The van der Waals surface area contributed by atoms with Gasteiger partial charge >= 0.3 is 11.9 Å². The largest absolute Gasteiger partial charge is 0.508 e. The van der Waals surface area contributed by atoms with E-state index < -0.39 is 41.2 Å². The molecule has 43 heavy (non-hydrogen) atoms. The van der Waals surface area contributed by atoms with Crippen molar-refractivity contribution in [3.8, 4) is 57.5 Å². The van der Waals surface area contributed by atoms with Gasteiger partial charge in [0.2, 0.25) is 0 Å². The van der Waals surface area contributed by atoms with Crippen molar-refractivity contribution in [3.05, 3.63) is 83.4 Å². The summed E-state index contributed by atoms with van der Waals surface area (Å²) in [5.74, 6) is -4.20. The molecule has 0 aliphatic carbocycles. The zero-order chi connectivity index (χ0) is 31.4. The van der Waals surface area contributed by atoms with Crippen LogP contribution in [0.1, 0.15) is 34.5 Å². The average Bonchev–Trinajstić information content (AvgIpc) is 2.94. The Morgan fingerprint density at radius 2 is 1.37 bits per heavy atom. The van der Waals surface area contributed by atoms with Gasteiger partial charge in [-0.25, -0.2) is 4.79 Å². The Bertz CT molecular complexity index is 1640. The average molecular weight is 595 g/mol. The first-order chi connectivity index (χ1) is 20.3. The molecule has 0 amide bonds. The van der Waals surface area contributed by atoms with E-state index in [4.69, 9.17) is 19.3 Å². The van der Waals surface area contributed by atoms with Crippen LogP contribution in [0, 0.1) is 0 Å². The summed E-state index contributed by atoms with van der Waals surface area (Å²) in [7, 11) is 0. The third-order valence-electron chi connectivity index (χ3n) is 6.16.